The third-order valence-corrected chi connectivity index (χ3v) is 4.31. The summed E-state index contributed by atoms with van der Waals surface area (Å²) in [5, 5.41) is 10.5. The summed E-state index contributed by atoms with van der Waals surface area (Å²) in [5.74, 6) is 0.140. The van der Waals surface area contributed by atoms with E-state index in [1.807, 2.05) is 36.5 Å². The minimum atomic E-state index is -0.446. The summed E-state index contributed by atoms with van der Waals surface area (Å²) < 4.78 is 1.19. The zero-order chi connectivity index (χ0) is 12.5. The van der Waals surface area contributed by atoms with Crippen LogP contribution in [0, 0.1) is 3.57 Å². The Balaban J connectivity index is 1.90. The molecule has 92 valence electrons. The molecule has 3 heteroatoms. The highest BCUT2D eigenvalue weighted by atomic mass is 127. The van der Waals surface area contributed by atoms with E-state index in [0.717, 1.165) is 24.1 Å². The molecule has 2 nitrogen and oxygen atoms in total. The molecule has 0 bridgehead atoms. The van der Waals surface area contributed by atoms with Crippen molar-refractivity contribution in [1.82, 2.24) is 4.98 Å². The minimum absolute atomic E-state index is 0.140. The summed E-state index contributed by atoms with van der Waals surface area (Å²) in [7, 11) is 0. The van der Waals surface area contributed by atoms with Crippen molar-refractivity contribution in [3.8, 4) is 0 Å². The Morgan fingerprint density at radius 3 is 2.78 bits per heavy atom. The molecule has 18 heavy (non-hydrogen) atoms. The van der Waals surface area contributed by atoms with E-state index in [-0.39, 0.29) is 5.92 Å². The fourth-order valence-electron chi connectivity index (χ4n) is 2.64. The Labute approximate surface area is 120 Å². The van der Waals surface area contributed by atoms with Gasteiger partial charge in [0.05, 0.1) is 6.10 Å². The maximum atomic E-state index is 10.5. The monoisotopic (exact) mass is 351 g/mol. The van der Waals surface area contributed by atoms with Gasteiger partial charge in [0.15, 0.2) is 0 Å². The van der Waals surface area contributed by atoms with Crippen LogP contribution in [0.2, 0.25) is 0 Å². The van der Waals surface area contributed by atoms with Gasteiger partial charge in [0.1, 0.15) is 0 Å². The van der Waals surface area contributed by atoms with Crippen LogP contribution in [0.5, 0.6) is 0 Å². The van der Waals surface area contributed by atoms with Gasteiger partial charge in [-0.25, -0.2) is 0 Å². The van der Waals surface area contributed by atoms with Crippen molar-refractivity contribution in [3.63, 3.8) is 0 Å². The molecule has 0 saturated carbocycles. The summed E-state index contributed by atoms with van der Waals surface area (Å²) in [6.45, 7) is 0. The SMILES string of the molecule is OC(c1ccc(I)cc1)C1CCc2cccnc21. The first kappa shape index (κ1) is 12.1. The fourth-order valence-corrected chi connectivity index (χ4v) is 3.00. The van der Waals surface area contributed by atoms with Crippen molar-refractivity contribution < 1.29 is 5.11 Å². The van der Waals surface area contributed by atoms with Crippen LogP contribution in [-0.4, -0.2) is 10.1 Å². The molecular weight excluding hydrogens is 337 g/mol. The highest BCUT2D eigenvalue weighted by molar-refractivity contribution is 14.1. The van der Waals surface area contributed by atoms with Crippen LogP contribution in [0.4, 0.5) is 0 Å². The lowest BCUT2D eigenvalue weighted by Crippen LogP contribution is -2.09. The number of aliphatic hydroxyl groups is 1. The number of halogens is 1. The third-order valence-electron chi connectivity index (χ3n) is 3.59. The second-order valence-electron chi connectivity index (χ2n) is 4.69. The van der Waals surface area contributed by atoms with Crippen molar-refractivity contribution in [2.75, 3.05) is 0 Å². The smallest absolute Gasteiger partial charge is 0.0873 e. The first-order chi connectivity index (χ1) is 8.75. The average Bonchev–Trinajstić information content (AvgIpc) is 2.82. The average molecular weight is 351 g/mol. The number of hydrogen-bond acceptors (Lipinski definition) is 2. The van der Waals surface area contributed by atoms with E-state index in [1.165, 1.54) is 9.13 Å². The van der Waals surface area contributed by atoms with Gasteiger partial charge in [-0.15, -0.1) is 0 Å². The molecule has 0 amide bonds. The van der Waals surface area contributed by atoms with Gasteiger partial charge in [0.2, 0.25) is 0 Å². The van der Waals surface area contributed by atoms with E-state index in [4.69, 9.17) is 0 Å². The number of rotatable bonds is 2. The molecule has 1 heterocycles. The zero-order valence-corrected chi connectivity index (χ0v) is 12.0. The fraction of sp³-hybridized carbons (Fsp3) is 0.267. The predicted molar refractivity (Wildman–Crippen MR) is 79.4 cm³/mol. The Hall–Kier alpha value is -0.940. The van der Waals surface area contributed by atoms with E-state index in [9.17, 15) is 5.11 Å². The lowest BCUT2D eigenvalue weighted by molar-refractivity contribution is 0.143. The number of aliphatic hydroxyl groups excluding tert-OH is 1. The van der Waals surface area contributed by atoms with Crippen LogP contribution in [-0.2, 0) is 6.42 Å². The highest BCUT2D eigenvalue weighted by Crippen LogP contribution is 2.40. The molecule has 3 rings (SSSR count). The predicted octanol–water partition coefficient (Wildman–Crippen LogP) is 3.45. The number of fused-ring (bicyclic) bond motifs is 1. The van der Waals surface area contributed by atoms with Gasteiger partial charge < -0.3 is 5.11 Å². The van der Waals surface area contributed by atoms with Crippen LogP contribution in [0.3, 0.4) is 0 Å². The normalized spacial score (nSPS) is 19.6. The topological polar surface area (TPSA) is 33.1 Å². The zero-order valence-electron chi connectivity index (χ0n) is 9.88. The maximum absolute atomic E-state index is 10.5. The van der Waals surface area contributed by atoms with Crippen molar-refractivity contribution >= 4 is 22.6 Å². The molecule has 2 aromatic rings. The Morgan fingerprint density at radius 2 is 2.00 bits per heavy atom. The molecule has 0 aliphatic heterocycles. The van der Waals surface area contributed by atoms with Crippen molar-refractivity contribution in [3.05, 3.63) is 63.0 Å². The van der Waals surface area contributed by atoms with Gasteiger partial charge in [-0.1, -0.05) is 18.2 Å². The van der Waals surface area contributed by atoms with Crippen LogP contribution in [0.25, 0.3) is 0 Å². The Kier molecular flexibility index (Phi) is 3.35. The quantitative estimate of drug-likeness (QED) is 0.841. The summed E-state index contributed by atoms with van der Waals surface area (Å²) in [5.41, 5.74) is 3.34. The molecule has 1 N–H and O–H groups in total. The van der Waals surface area contributed by atoms with E-state index < -0.39 is 6.10 Å². The van der Waals surface area contributed by atoms with Crippen molar-refractivity contribution in [2.45, 2.75) is 24.9 Å². The molecule has 1 aliphatic carbocycles. The molecular formula is C15H14INO. The number of nitrogens with zero attached hydrogens (tertiary/aromatic N) is 1. The minimum Gasteiger partial charge on any atom is -0.388 e. The largest absolute Gasteiger partial charge is 0.388 e. The summed E-state index contributed by atoms with van der Waals surface area (Å²) in [6.07, 6.45) is 3.38. The summed E-state index contributed by atoms with van der Waals surface area (Å²) in [6, 6.07) is 12.2. The van der Waals surface area contributed by atoms with Gasteiger partial charge >= 0.3 is 0 Å². The van der Waals surface area contributed by atoms with E-state index >= 15 is 0 Å². The summed E-state index contributed by atoms with van der Waals surface area (Å²) in [4.78, 5) is 4.44. The van der Waals surface area contributed by atoms with Crippen molar-refractivity contribution in [1.29, 1.82) is 0 Å². The Bertz CT molecular complexity index is 553. The molecule has 2 unspecified atom stereocenters. The molecule has 2 atom stereocenters. The number of aryl methyl sites for hydroxylation is 1. The molecule has 1 aromatic carbocycles. The van der Waals surface area contributed by atoms with Gasteiger partial charge in [-0.2, -0.15) is 0 Å². The standard InChI is InChI=1S/C15H14INO/c16-12-6-3-11(4-7-12)15(18)13-8-5-10-2-1-9-17-14(10)13/h1-4,6-7,9,13,15,18H,5,8H2. The number of benzene rings is 1. The third kappa shape index (κ3) is 2.17. The first-order valence-corrected chi connectivity index (χ1v) is 7.21. The lowest BCUT2D eigenvalue weighted by Gasteiger charge is -2.18. The molecule has 0 spiro atoms. The number of hydrogen-bond donors (Lipinski definition) is 1. The van der Waals surface area contributed by atoms with E-state index in [2.05, 4.69) is 33.6 Å². The van der Waals surface area contributed by atoms with Crippen molar-refractivity contribution in [2.24, 2.45) is 0 Å². The first-order valence-electron chi connectivity index (χ1n) is 6.13. The van der Waals surface area contributed by atoms with Crippen LogP contribution >= 0.6 is 22.6 Å². The van der Waals surface area contributed by atoms with Gasteiger partial charge in [-0.05, 0) is 64.8 Å². The summed E-state index contributed by atoms with van der Waals surface area (Å²) >= 11 is 2.27. The Morgan fingerprint density at radius 1 is 1.22 bits per heavy atom. The molecule has 1 aliphatic rings. The molecule has 1 aromatic heterocycles. The van der Waals surface area contributed by atoms with E-state index in [0.29, 0.717) is 0 Å². The second-order valence-corrected chi connectivity index (χ2v) is 5.93. The van der Waals surface area contributed by atoms with Gasteiger partial charge in [0.25, 0.3) is 0 Å². The van der Waals surface area contributed by atoms with Gasteiger partial charge in [-0.3, -0.25) is 4.98 Å². The maximum Gasteiger partial charge on any atom is 0.0873 e. The molecule has 0 saturated heterocycles. The molecule has 0 radical (unpaired) electrons. The van der Waals surface area contributed by atoms with Crippen LogP contribution in [0.1, 0.15) is 35.3 Å². The lowest BCUT2D eigenvalue weighted by atomic mass is 9.93. The van der Waals surface area contributed by atoms with Gasteiger partial charge in [0, 0.05) is 21.4 Å². The number of pyridine rings is 1. The number of aromatic nitrogens is 1. The highest BCUT2D eigenvalue weighted by Gasteiger charge is 2.30. The van der Waals surface area contributed by atoms with Crippen LogP contribution < -0.4 is 0 Å². The van der Waals surface area contributed by atoms with E-state index in [1.54, 1.807) is 0 Å². The second kappa shape index (κ2) is 4.97. The molecule has 0 fully saturated rings. The van der Waals surface area contributed by atoms with Crippen LogP contribution in [0.15, 0.2) is 42.6 Å².